The summed E-state index contributed by atoms with van der Waals surface area (Å²) in [4.78, 5) is 24.8. The van der Waals surface area contributed by atoms with Gasteiger partial charge in [0.1, 0.15) is 17.5 Å². The number of aryl methyl sites for hydroxylation is 1. The minimum Gasteiger partial charge on any atom is -0.493 e. The van der Waals surface area contributed by atoms with Crippen LogP contribution in [0, 0.1) is 24.1 Å². The van der Waals surface area contributed by atoms with Crippen LogP contribution in [0.4, 0.5) is 15.8 Å². The molecule has 7 nitrogen and oxygen atoms in total. The van der Waals surface area contributed by atoms with E-state index in [2.05, 4.69) is 10.6 Å². The lowest BCUT2D eigenvalue weighted by Crippen LogP contribution is -2.20. The van der Waals surface area contributed by atoms with E-state index in [1.54, 1.807) is 12.1 Å². The van der Waals surface area contributed by atoms with Crippen LogP contribution in [-0.4, -0.2) is 25.5 Å². The molecule has 0 unspecified atom stereocenters. The predicted octanol–water partition coefficient (Wildman–Crippen LogP) is 5.36. The molecule has 35 heavy (non-hydrogen) atoms. The molecule has 0 aromatic heterocycles. The van der Waals surface area contributed by atoms with E-state index in [1.807, 2.05) is 25.1 Å². The Morgan fingerprint density at radius 1 is 1.11 bits per heavy atom. The summed E-state index contributed by atoms with van der Waals surface area (Å²) in [5.74, 6) is -1.16. The lowest BCUT2D eigenvalue weighted by molar-refractivity contribution is -0.118. The predicted molar refractivity (Wildman–Crippen MR) is 132 cm³/mol. The molecular formula is C26H21ClFN3O4. The van der Waals surface area contributed by atoms with Gasteiger partial charge < -0.3 is 20.1 Å². The van der Waals surface area contributed by atoms with Crippen LogP contribution in [0.15, 0.2) is 66.2 Å². The maximum absolute atomic E-state index is 13.0. The van der Waals surface area contributed by atoms with Crippen molar-refractivity contribution < 1.29 is 23.5 Å². The first kappa shape index (κ1) is 25.3. The number of amides is 2. The highest BCUT2D eigenvalue weighted by Gasteiger charge is 2.16. The maximum Gasteiger partial charge on any atom is 0.266 e. The van der Waals surface area contributed by atoms with E-state index in [4.69, 9.17) is 21.1 Å². The first-order chi connectivity index (χ1) is 16.8. The minimum atomic E-state index is -0.574. The molecule has 9 heteroatoms. The quantitative estimate of drug-likeness (QED) is 0.325. The van der Waals surface area contributed by atoms with E-state index in [0.29, 0.717) is 16.9 Å². The lowest BCUT2D eigenvalue weighted by atomic mass is 10.1. The van der Waals surface area contributed by atoms with Gasteiger partial charge in [0.05, 0.1) is 12.1 Å². The zero-order valence-electron chi connectivity index (χ0n) is 18.9. The SMILES string of the molecule is COc1cc(/C=C(/C#N)C(=O)Nc2ccccc2C)cc(Cl)c1OCC(=O)Nc1ccc(F)cc1. The Bertz CT molecular complexity index is 1320. The van der Waals surface area contributed by atoms with Crippen molar-refractivity contribution in [2.75, 3.05) is 24.4 Å². The summed E-state index contributed by atoms with van der Waals surface area (Å²) < 4.78 is 23.9. The molecule has 0 saturated carbocycles. The number of nitrogens with zero attached hydrogens (tertiary/aromatic N) is 1. The third-order valence-electron chi connectivity index (χ3n) is 4.80. The number of anilines is 2. The minimum absolute atomic E-state index is 0.113. The molecule has 3 aromatic carbocycles. The van der Waals surface area contributed by atoms with Crippen molar-refractivity contribution in [1.82, 2.24) is 0 Å². The van der Waals surface area contributed by atoms with Crippen molar-refractivity contribution in [3.05, 3.63) is 88.2 Å². The second-order valence-electron chi connectivity index (χ2n) is 7.32. The zero-order valence-corrected chi connectivity index (χ0v) is 19.7. The molecule has 0 heterocycles. The van der Waals surface area contributed by atoms with Gasteiger partial charge in [-0.1, -0.05) is 29.8 Å². The van der Waals surface area contributed by atoms with Gasteiger partial charge in [-0.05, 0) is 66.6 Å². The molecule has 3 rings (SSSR count). The molecule has 0 aliphatic rings. The van der Waals surface area contributed by atoms with E-state index in [-0.39, 0.29) is 28.7 Å². The van der Waals surface area contributed by atoms with Crippen LogP contribution in [0.3, 0.4) is 0 Å². The van der Waals surface area contributed by atoms with Crippen LogP contribution < -0.4 is 20.1 Å². The highest BCUT2D eigenvalue weighted by atomic mass is 35.5. The standard InChI is InChI=1S/C26H21ClFN3O4/c1-16-5-3-4-6-22(16)31-26(33)18(14-29)11-17-12-21(27)25(23(13-17)34-2)35-15-24(32)30-20-9-7-19(28)8-10-20/h3-13H,15H2,1-2H3,(H,30,32)(H,31,33)/b18-11-. The number of carbonyl (C=O) groups excluding carboxylic acids is 2. The van der Waals surface area contributed by atoms with Crippen LogP contribution in [0.25, 0.3) is 6.08 Å². The fourth-order valence-corrected chi connectivity index (χ4v) is 3.32. The normalized spacial score (nSPS) is 10.8. The number of rotatable bonds is 8. The van der Waals surface area contributed by atoms with Gasteiger partial charge in [-0.3, -0.25) is 9.59 Å². The summed E-state index contributed by atoms with van der Waals surface area (Å²) in [7, 11) is 1.39. The first-order valence-corrected chi connectivity index (χ1v) is 10.7. The molecule has 0 radical (unpaired) electrons. The van der Waals surface area contributed by atoms with Crippen molar-refractivity contribution in [2.45, 2.75) is 6.92 Å². The number of carbonyl (C=O) groups is 2. The van der Waals surface area contributed by atoms with Gasteiger partial charge in [-0.25, -0.2) is 4.39 Å². The number of nitrogens with one attached hydrogen (secondary N) is 2. The van der Waals surface area contributed by atoms with Gasteiger partial charge in [-0.2, -0.15) is 5.26 Å². The van der Waals surface area contributed by atoms with Crippen LogP contribution in [0.5, 0.6) is 11.5 Å². The van der Waals surface area contributed by atoms with Gasteiger partial charge >= 0.3 is 0 Å². The number of nitriles is 1. The van der Waals surface area contributed by atoms with Gasteiger partial charge in [0.25, 0.3) is 11.8 Å². The van der Waals surface area contributed by atoms with Gasteiger partial charge in [0, 0.05) is 11.4 Å². The molecule has 2 amide bonds. The molecular weight excluding hydrogens is 473 g/mol. The van der Waals surface area contributed by atoms with Gasteiger partial charge in [0.15, 0.2) is 18.1 Å². The summed E-state index contributed by atoms with van der Waals surface area (Å²) in [6, 6.07) is 17.4. The second kappa shape index (κ2) is 11.7. The largest absolute Gasteiger partial charge is 0.493 e. The number of benzene rings is 3. The van der Waals surface area contributed by atoms with Crippen molar-refractivity contribution in [3.8, 4) is 17.6 Å². The summed E-state index contributed by atoms with van der Waals surface area (Å²) in [5.41, 5.74) is 2.14. The summed E-state index contributed by atoms with van der Waals surface area (Å²) in [5, 5.41) is 14.9. The Kier molecular flexibility index (Phi) is 8.43. The average molecular weight is 494 g/mol. The Morgan fingerprint density at radius 3 is 2.49 bits per heavy atom. The molecule has 0 fully saturated rings. The molecule has 0 aliphatic heterocycles. The van der Waals surface area contributed by atoms with Crippen molar-refractivity contribution in [3.63, 3.8) is 0 Å². The number of methoxy groups -OCH3 is 1. The molecule has 0 aliphatic carbocycles. The number of halogens is 2. The average Bonchev–Trinajstić information content (AvgIpc) is 2.84. The summed E-state index contributed by atoms with van der Waals surface area (Å²) >= 11 is 6.34. The molecule has 0 spiro atoms. The summed E-state index contributed by atoms with van der Waals surface area (Å²) in [6.45, 7) is 1.46. The lowest BCUT2D eigenvalue weighted by Gasteiger charge is -2.14. The number of para-hydroxylation sites is 1. The molecule has 0 bridgehead atoms. The Hall–Kier alpha value is -4.35. The van der Waals surface area contributed by atoms with Crippen molar-refractivity contribution >= 4 is 40.9 Å². The van der Waals surface area contributed by atoms with Crippen LogP contribution in [0.1, 0.15) is 11.1 Å². The fourth-order valence-electron chi connectivity index (χ4n) is 3.05. The van der Waals surface area contributed by atoms with E-state index in [9.17, 15) is 19.2 Å². The molecule has 0 atom stereocenters. The fraction of sp³-hybridized carbons (Fsp3) is 0.115. The molecule has 0 saturated heterocycles. The van der Waals surface area contributed by atoms with Crippen LogP contribution >= 0.6 is 11.6 Å². The smallest absolute Gasteiger partial charge is 0.266 e. The topological polar surface area (TPSA) is 100 Å². The van der Waals surface area contributed by atoms with Crippen molar-refractivity contribution in [1.29, 1.82) is 5.26 Å². The highest BCUT2D eigenvalue weighted by molar-refractivity contribution is 6.32. The third-order valence-corrected chi connectivity index (χ3v) is 5.08. The number of ether oxygens (including phenoxy) is 2. The van der Waals surface area contributed by atoms with Gasteiger partial charge in [0.2, 0.25) is 0 Å². The van der Waals surface area contributed by atoms with E-state index in [0.717, 1.165) is 5.56 Å². The zero-order chi connectivity index (χ0) is 25.4. The Balaban J connectivity index is 1.74. The van der Waals surface area contributed by atoms with Crippen molar-refractivity contribution in [2.24, 2.45) is 0 Å². The van der Waals surface area contributed by atoms with E-state index in [1.165, 1.54) is 49.6 Å². The van der Waals surface area contributed by atoms with E-state index < -0.39 is 17.6 Å². The van der Waals surface area contributed by atoms with Crippen LogP contribution in [0.2, 0.25) is 5.02 Å². The molecule has 3 aromatic rings. The van der Waals surface area contributed by atoms with Crippen LogP contribution in [-0.2, 0) is 9.59 Å². The number of hydrogen-bond acceptors (Lipinski definition) is 5. The number of hydrogen-bond donors (Lipinski definition) is 2. The van der Waals surface area contributed by atoms with E-state index >= 15 is 0 Å². The third kappa shape index (κ3) is 6.82. The Labute approximate surface area is 206 Å². The molecule has 178 valence electrons. The maximum atomic E-state index is 13.0. The van der Waals surface area contributed by atoms with Gasteiger partial charge in [-0.15, -0.1) is 0 Å². The summed E-state index contributed by atoms with van der Waals surface area (Å²) in [6.07, 6.45) is 1.37. The second-order valence-corrected chi connectivity index (χ2v) is 7.72. The first-order valence-electron chi connectivity index (χ1n) is 10.3. The monoisotopic (exact) mass is 493 g/mol. The highest BCUT2D eigenvalue weighted by Crippen LogP contribution is 2.37. The Morgan fingerprint density at radius 2 is 1.83 bits per heavy atom. The molecule has 2 N–H and O–H groups in total.